The van der Waals surface area contributed by atoms with E-state index in [4.69, 9.17) is 9.40 Å². The van der Waals surface area contributed by atoms with E-state index in [1.807, 2.05) is 37.3 Å². The van der Waals surface area contributed by atoms with E-state index >= 15 is 0 Å². The zero-order chi connectivity index (χ0) is 20.1. The molecule has 0 aliphatic heterocycles. The molecule has 0 spiro atoms. The third-order valence-electron chi connectivity index (χ3n) is 5.05. The van der Waals surface area contributed by atoms with Crippen LogP contribution in [0.2, 0.25) is 0 Å². The first kappa shape index (κ1) is 19.9. The van der Waals surface area contributed by atoms with Gasteiger partial charge in [0.2, 0.25) is 5.91 Å². The molecule has 3 rings (SSSR count). The van der Waals surface area contributed by atoms with Gasteiger partial charge in [0.1, 0.15) is 11.6 Å². The van der Waals surface area contributed by atoms with Crippen LogP contribution in [-0.2, 0) is 18.4 Å². The zero-order valence-corrected chi connectivity index (χ0v) is 16.7. The van der Waals surface area contributed by atoms with Gasteiger partial charge in [0.25, 0.3) is 5.56 Å². The van der Waals surface area contributed by atoms with Crippen molar-refractivity contribution in [3.05, 3.63) is 64.6 Å². The van der Waals surface area contributed by atoms with Gasteiger partial charge in [-0.3, -0.25) is 14.2 Å². The molecule has 0 fully saturated rings. The Morgan fingerprint density at radius 1 is 1.21 bits per heavy atom. The lowest BCUT2D eigenvalue weighted by atomic mass is 10.1. The first-order valence-corrected chi connectivity index (χ1v) is 9.84. The number of benzene rings is 1. The molecular weight excluding hydrogens is 354 g/mol. The fourth-order valence-electron chi connectivity index (χ4n) is 3.49. The number of hydrogen-bond acceptors (Lipinski definition) is 4. The number of amides is 1. The van der Waals surface area contributed by atoms with Crippen molar-refractivity contribution >= 4 is 16.8 Å². The molecule has 1 unspecified atom stereocenters. The van der Waals surface area contributed by atoms with Gasteiger partial charge in [-0.05, 0) is 37.1 Å². The van der Waals surface area contributed by atoms with Crippen LogP contribution in [0.5, 0.6) is 0 Å². The van der Waals surface area contributed by atoms with E-state index in [1.54, 1.807) is 28.8 Å². The molecular formula is C22H27N3O3. The molecule has 1 amide bonds. The van der Waals surface area contributed by atoms with Crippen molar-refractivity contribution in [2.24, 2.45) is 7.05 Å². The maximum Gasteiger partial charge on any atom is 0.261 e. The van der Waals surface area contributed by atoms with Crippen LogP contribution in [0.25, 0.3) is 10.9 Å². The molecule has 6 nitrogen and oxygen atoms in total. The molecule has 0 N–H and O–H groups in total. The average Bonchev–Trinajstić information content (AvgIpc) is 3.22. The second-order valence-corrected chi connectivity index (χ2v) is 6.98. The number of aromatic nitrogens is 2. The van der Waals surface area contributed by atoms with Crippen LogP contribution in [0, 0.1) is 0 Å². The van der Waals surface area contributed by atoms with E-state index in [1.165, 1.54) is 0 Å². The van der Waals surface area contributed by atoms with Gasteiger partial charge < -0.3 is 9.32 Å². The summed E-state index contributed by atoms with van der Waals surface area (Å²) in [7, 11) is 1.72. The van der Waals surface area contributed by atoms with E-state index in [9.17, 15) is 9.59 Å². The van der Waals surface area contributed by atoms with Gasteiger partial charge in [0.15, 0.2) is 0 Å². The largest absolute Gasteiger partial charge is 0.467 e. The molecule has 6 heteroatoms. The lowest BCUT2D eigenvalue weighted by Gasteiger charge is -2.31. The third-order valence-corrected chi connectivity index (χ3v) is 5.05. The Labute approximate surface area is 164 Å². The summed E-state index contributed by atoms with van der Waals surface area (Å²) in [6.45, 7) is 4.43. The van der Waals surface area contributed by atoms with E-state index in [0.29, 0.717) is 41.9 Å². The van der Waals surface area contributed by atoms with Crippen LogP contribution in [0.4, 0.5) is 0 Å². The fraction of sp³-hybridized carbons (Fsp3) is 0.409. The Balaban J connectivity index is 2.06. The highest BCUT2D eigenvalue weighted by molar-refractivity contribution is 5.78. The number of fused-ring (bicyclic) bond motifs is 1. The standard InChI is InChI=1S/C22H27N3O3/c1-4-6-13-20(26)25(15-16-10-9-14-28-16)19(5-2)21-23-18-12-8-7-11-17(18)22(27)24(21)3/h7-12,14,19H,4-6,13,15H2,1-3H3. The molecule has 0 aliphatic rings. The summed E-state index contributed by atoms with van der Waals surface area (Å²) in [5.74, 6) is 1.36. The van der Waals surface area contributed by atoms with Crippen molar-refractivity contribution in [3.63, 3.8) is 0 Å². The Morgan fingerprint density at radius 2 is 2.00 bits per heavy atom. The van der Waals surface area contributed by atoms with Gasteiger partial charge in [-0.2, -0.15) is 0 Å². The summed E-state index contributed by atoms with van der Waals surface area (Å²) in [5, 5.41) is 0.582. The van der Waals surface area contributed by atoms with Crippen molar-refractivity contribution in [1.29, 1.82) is 0 Å². The first-order chi connectivity index (χ1) is 13.6. The monoisotopic (exact) mass is 381 g/mol. The van der Waals surface area contributed by atoms with Gasteiger partial charge in [0.05, 0.1) is 29.8 Å². The summed E-state index contributed by atoms with van der Waals surface area (Å²) in [5.41, 5.74) is 0.552. The third kappa shape index (κ3) is 4.01. The van der Waals surface area contributed by atoms with Gasteiger partial charge in [0, 0.05) is 13.5 Å². The molecule has 1 aromatic carbocycles. The second-order valence-electron chi connectivity index (χ2n) is 6.98. The Kier molecular flexibility index (Phi) is 6.29. The summed E-state index contributed by atoms with van der Waals surface area (Å²) in [6.07, 6.45) is 4.50. The van der Waals surface area contributed by atoms with Gasteiger partial charge in [-0.1, -0.05) is 32.4 Å². The van der Waals surface area contributed by atoms with Gasteiger partial charge in [-0.25, -0.2) is 4.98 Å². The highest BCUT2D eigenvalue weighted by atomic mass is 16.3. The molecule has 148 valence electrons. The Bertz CT molecular complexity index is 992. The molecule has 28 heavy (non-hydrogen) atoms. The smallest absolute Gasteiger partial charge is 0.261 e. The predicted molar refractivity (Wildman–Crippen MR) is 109 cm³/mol. The topological polar surface area (TPSA) is 68.3 Å². The summed E-state index contributed by atoms with van der Waals surface area (Å²) in [4.78, 5) is 32.4. The summed E-state index contributed by atoms with van der Waals surface area (Å²) < 4.78 is 7.06. The Hall–Kier alpha value is -2.89. The number of furan rings is 1. The molecule has 3 aromatic rings. The summed E-state index contributed by atoms with van der Waals surface area (Å²) in [6, 6.07) is 10.7. The molecule has 0 aliphatic carbocycles. The molecule has 0 radical (unpaired) electrons. The van der Waals surface area contributed by atoms with Crippen molar-refractivity contribution < 1.29 is 9.21 Å². The average molecular weight is 381 g/mol. The number of carbonyl (C=O) groups excluding carboxylic acids is 1. The number of hydrogen-bond donors (Lipinski definition) is 0. The van der Waals surface area contributed by atoms with Crippen molar-refractivity contribution in [2.45, 2.75) is 52.1 Å². The maximum absolute atomic E-state index is 13.0. The number of carbonyl (C=O) groups is 1. The first-order valence-electron chi connectivity index (χ1n) is 9.84. The molecule has 0 bridgehead atoms. The molecule has 1 atom stereocenters. The van der Waals surface area contributed by atoms with E-state index < -0.39 is 0 Å². The highest BCUT2D eigenvalue weighted by Crippen LogP contribution is 2.26. The van der Waals surface area contributed by atoms with Crippen molar-refractivity contribution in [2.75, 3.05) is 0 Å². The lowest BCUT2D eigenvalue weighted by Crippen LogP contribution is -2.37. The van der Waals surface area contributed by atoms with Crippen LogP contribution < -0.4 is 5.56 Å². The van der Waals surface area contributed by atoms with E-state index in [0.717, 1.165) is 12.8 Å². The van der Waals surface area contributed by atoms with Crippen LogP contribution >= 0.6 is 0 Å². The van der Waals surface area contributed by atoms with Gasteiger partial charge >= 0.3 is 0 Å². The molecule has 2 aromatic heterocycles. The highest BCUT2D eigenvalue weighted by Gasteiger charge is 2.28. The zero-order valence-electron chi connectivity index (χ0n) is 16.7. The fourth-order valence-corrected chi connectivity index (χ4v) is 3.49. The second kappa shape index (κ2) is 8.87. The minimum Gasteiger partial charge on any atom is -0.467 e. The minimum atomic E-state index is -0.309. The Morgan fingerprint density at radius 3 is 2.68 bits per heavy atom. The number of unbranched alkanes of at least 4 members (excludes halogenated alkanes) is 1. The van der Waals surface area contributed by atoms with Crippen LogP contribution in [0.15, 0.2) is 51.9 Å². The van der Waals surface area contributed by atoms with Crippen molar-refractivity contribution in [1.82, 2.24) is 14.5 Å². The van der Waals surface area contributed by atoms with E-state index in [-0.39, 0.29) is 17.5 Å². The van der Waals surface area contributed by atoms with Gasteiger partial charge in [-0.15, -0.1) is 0 Å². The molecule has 0 saturated carbocycles. The predicted octanol–water partition coefficient (Wildman–Crippen LogP) is 4.20. The summed E-state index contributed by atoms with van der Waals surface area (Å²) >= 11 is 0. The number of rotatable bonds is 8. The SMILES string of the molecule is CCCCC(=O)N(Cc1ccco1)C(CC)c1nc2ccccc2c(=O)n1C. The number of nitrogens with zero attached hydrogens (tertiary/aromatic N) is 3. The maximum atomic E-state index is 13.0. The lowest BCUT2D eigenvalue weighted by molar-refractivity contribution is -0.135. The normalized spacial score (nSPS) is 12.2. The van der Waals surface area contributed by atoms with Crippen LogP contribution in [-0.4, -0.2) is 20.4 Å². The quantitative estimate of drug-likeness (QED) is 0.586. The molecule has 2 heterocycles. The van der Waals surface area contributed by atoms with Crippen LogP contribution in [0.3, 0.4) is 0 Å². The number of para-hydroxylation sites is 1. The van der Waals surface area contributed by atoms with Crippen LogP contribution in [0.1, 0.15) is 57.2 Å². The van der Waals surface area contributed by atoms with Crippen molar-refractivity contribution in [3.8, 4) is 0 Å². The molecule has 0 saturated heterocycles. The van der Waals surface area contributed by atoms with E-state index in [2.05, 4.69) is 6.92 Å². The minimum absolute atomic E-state index is 0.0486.